The van der Waals surface area contributed by atoms with Gasteiger partial charge >= 0.3 is 0 Å². The van der Waals surface area contributed by atoms with E-state index >= 15 is 0 Å². The molecule has 3 aliphatic rings. The molecule has 7 nitrogen and oxygen atoms in total. The number of rotatable bonds is 5. The van der Waals surface area contributed by atoms with E-state index < -0.39 is 0 Å². The molecule has 0 aromatic carbocycles. The lowest BCUT2D eigenvalue weighted by atomic mass is 10.0. The Morgan fingerprint density at radius 3 is 2.19 bits per heavy atom. The molecule has 2 unspecified atom stereocenters. The number of aliphatic hydroxyl groups excluding tert-OH is 1. The molecule has 3 fully saturated rings. The van der Waals surface area contributed by atoms with Crippen molar-refractivity contribution in [3.05, 3.63) is 0 Å². The van der Waals surface area contributed by atoms with Gasteiger partial charge in [-0.1, -0.05) is 0 Å². The van der Waals surface area contributed by atoms with Crippen molar-refractivity contribution in [1.29, 1.82) is 0 Å². The van der Waals surface area contributed by atoms with Crippen molar-refractivity contribution < 1.29 is 9.90 Å². The van der Waals surface area contributed by atoms with E-state index in [1.807, 2.05) is 0 Å². The molecule has 2 aliphatic carbocycles. The molecule has 1 saturated heterocycles. The average Bonchev–Trinajstić information content (AvgIpc) is 3.31. The summed E-state index contributed by atoms with van der Waals surface area (Å²) in [4.78, 5) is 20.3. The second kappa shape index (κ2) is 10.1. The van der Waals surface area contributed by atoms with Crippen molar-refractivity contribution >= 4 is 35.8 Å². The lowest BCUT2D eigenvalue weighted by Gasteiger charge is -2.37. The summed E-state index contributed by atoms with van der Waals surface area (Å²) < 4.78 is 0. The Kier molecular flexibility index (Phi) is 8.41. The van der Waals surface area contributed by atoms with E-state index in [0.717, 1.165) is 51.2 Å². The molecular weight excluding hydrogens is 445 g/mol. The number of nitrogens with one attached hydrogen (secondary N) is 2. The van der Waals surface area contributed by atoms with Crippen LogP contribution in [-0.4, -0.2) is 84.7 Å². The molecule has 3 rings (SSSR count). The van der Waals surface area contributed by atoms with Gasteiger partial charge in [0.15, 0.2) is 5.96 Å². The fraction of sp³-hybridized carbons (Fsp3) is 0.889. The van der Waals surface area contributed by atoms with Crippen LogP contribution in [0.15, 0.2) is 4.99 Å². The van der Waals surface area contributed by atoms with E-state index in [9.17, 15) is 9.90 Å². The number of carbonyl (C=O) groups is 1. The van der Waals surface area contributed by atoms with Crippen molar-refractivity contribution in [1.82, 2.24) is 20.4 Å². The fourth-order valence-electron chi connectivity index (χ4n) is 3.76. The average molecular weight is 479 g/mol. The zero-order valence-corrected chi connectivity index (χ0v) is 18.3. The molecule has 0 radical (unpaired) electrons. The van der Waals surface area contributed by atoms with E-state index in [-0.39, 0.29) is 42.5 Å². The predicted molar refractivity (Wildman–Crippen MR) is 114 cm³/mol. The maximum atomic E-state index is 11.8. The molecule has 0 aromatic rings. The second-order valence-electron chi connectivity index (χ2n) is 7.89. The van der Waals surface area contributed by atoms with Gasteiger partial charge in [-0.15, -0.1) is 24.0 Å². The van der Waals surface area contributed by atoms with Crippen LogP contribution >= 0.6 is 24.0 Å². The third kappa shape index (κ3) is 6.23. The Bertz CT molecular complexity index is 490. The first-order valence-corrected chi connectivity index (χ1v) is 9.72. The van der Waals surface area contributed by atoms with Crippen molar-refractivity contribution in [3.63, 3.8) is 0 Å². The van der Waals surface area contributed by atoms with Crippen LogP contribution < -0.4 is 10.6 Å². The number of halogens is 1. The quantitative estimate of drug-likeness (QED) is 0.309. The summed E-state index contributed by atoms with van der Waals surface area (Å²) in [5, 5.41) is 17.0. The van der Waals surface area contributed by atoms with E-state index in [1.165, 1.54) is 12.8 Å². The highest BCUT2D eigenvalue weighted by Gasteiger charge is 2.33. The van der Waals surface area contributed by atoms with Crippen molar-refractivity contribution in [2.75, 3.05) is 33.7 Å². The maximum Gasteiger partial charge on any atom is 0.243 e. The van der Waals surface area contributed by atoms with Crippen LogP contribution in [0.3, 0.4) is 0 Å². The normalized spacial score (nSPS) is 27.7. The Morgan fingerprint density at radius 1 is 1.08 bits per heavy atom. The summed E-state index contributed by atoms with van der Waals surface area (Å²) in [6, 6.07) is 1.25. The zero-order valence-electron chi connectivity index (χ0n) is 16.0. The topological polar surface area (TPSA) is 80.2 Å². The highest BCUT2D eigenvalue weighted by molar-refractivity contribution is 14.0. The molecule has 150 valence electrons. The molecule has 0 bridgehead atoms. The van der Waals surface area contributed by atoms with Gasteiger partial charge in [-0.25, -0.2) is 4.99 Å². The molecule has 1 heterocycles. The summed E-state index contributed by atoms with van der Waals surface area (Å²) in [5.41, 5.74) is 0. The largest absolute Gasteiger partial charge is 0.391 e. The number of likely N-dealkylation sites (N-methyl/N-ethyl adjacent to an activating group) is 1. The van der Waals surface area contributed by atoms with Gasteiger partial charge in [0.1, 0.15) is 6.54 Å². The van der Waals surface area contributed by atoms with Crippen LogP contribution in [0.5, 0.6) is 0 Å². The third-order valence-corrected chi connectivity index (χ3v) is 5.57. The van der Waals surface area contributed by atoms with Crippen molar-refractivity contribution in [2.45, 2.75) is 69.2 Å². The Labute approximate surface area is 174 Å². The first-order chi connectivity index (χ1) is 12.0. The number of guanidine groups is 1. The molecule has 1 aliphatic heterocycles. The van der Waals surface area contributed by atoms with E-state index in [4.69, 9.17) is 0 Å². The molecule has 8 heteroatoms. The van der Waals surface area contributed by atoms with Gasteiger partial charge in [-0.2, -0.15) is 0 Å². The van der Waals surface area contributed by atoms with E-state index in [2.05, 4.69) is 20.5 Å². The number of carbonyl (C=O) groups excluding carboxylic acids is 1. The van der Waals surface area contributed by atoms with Crippen LogP contribution in [0.2, 0.25) is 0 Å². The van der Waals surface area contributed by atoms with Crippen LogP contribution in [0, 0.1) is 0 Å². The van der Waals surface area contributed by atoms with Crippen LogP contribution in [0.25, 0.3) is 0 Å². The van der Waals surface area contributed by atoms with Crippen molar-refractivity contribution in [3.8, 4) is 0 Å². The summed E-state index contributed by atoms with van der Waals surface area (Å²) >= 11 is 0. The summed E-state index contributed by atoms with van der Waals surface area (Å²) in [6.07, 6.45) is 7.54. The second-order valence-corrected chi connectivity index (χ2v) is 7.89. The monoisotopic (exact) mass is 479 g/mol. The van der Waals surface area contributed by atoms with E-state index in [0.29, 0.717) is 18.1 Å². The standard InChI is InChI=1S/C18H33N5O2.HI/c1-22(2)17(25)12-19-18(20-13-6-7-13)21-14-8-10-23(11-9-14)15-4-3-5-16(15)24;/h13-16,24H,3-12H2,1-2H3,(H2,19,20,21);1H. The zero-order chi connectivity index (χ0) is 17.8. The molecule has 0 aromatic heterocycles. The number of piperidine rings is 1. The minimum Gasteiger partial charge on any atom is -0.391 e. The maximum absolute atomic E-state index is 11.8. The molecule has 26 heavy (non-hydrogen) atoms. The molecule has 3 N–H and O–H groups in total. The first kappa shape index (κ1) is 21.7. The van der Waals surface area contributed by atoms with Crippen molar-refractivity contribution in [2.24, 2.45) is 4.99 Å². The number of aliphatic imine (C=N–C) groups is 1. The Balaban J connectivity index is 0.00000243. The van der Waals surface area contributed by atoms with Crippen LogP contribution in [0.4, 0.5) is 0 Å². The number of nitrogens with zero attached hydrogens (tertiary/aromatic N) is 3. The number of hydrogen-bond acceptors (Lipinski definition) is 4. The first-order valence-electron chi connectivity index (χ1n) is 9.72. The fourth-order valence-corrected chi connectivity index (χ4v) is 3.76. The SMILES string of the molecule is CN(C)C(=O)CN=C(NC1CC1)NC1CCN(C2CCCC2O)CC1.I. The molecular formula is C18H34IN5O2. The minimum absolute atomic E-state index is 0. The minimum atomic E-state index is -0.143. The van der Waals surface area contributed by atoms with Gasteiger partial charge in [0.25, 0.3) is 0 Å². The van der Waals surface area contributed by atoms with Gasteiger partial charge in [-0.3, -0.25) is 9.69 Å². The summed E-state index contributed by atoms with van der Waals surface area (Å²) in [6.45, 7) is 2.22. The van der Waals surface area contributed by atoms with Gasteiger partial charge in [0, 0.05) is 45.3 Å². The number of amides is 1. The lowest BCUT2D eigenvalue weighted by Crippen LogP contribution is -2.52. The molecule has 2 saturated carbocycles. The Morgan fingerprint density at radius 2 is 1.69 bits per heavy atom. The Hall–Kier alpha value is -0.610. The highest BCUT2D eigenvalue weighted by Crippen LogP contribution is 2.26. The summed E-state index contributed by atoms with van der Waals surface area (Å²) in [7, 11) is 3.51. The van der Waals surface area contributed by atoms with Crippen LogP contribution in [0.1, 0.15) is 44.9 Å². The predicted octanol–water partition coefficient (Wildman–Crippen LogP) is 0.768. The molecule has 0 spiro atoms. The van der Waals surface area contributed by atoms with Gasteiger partial charge in [0.05, 0.1) is 6.10 Å². The smallest absolute Gasteiger partial charge is 0.243 e. The lowest BCUT2D eigenvalue weighted by molar-refractivity contribution is -0.127. The molecule has 2 atom stereocenters. The number of hydrogen-bond donors (Lipinski definition) is 3. The van der Waals surface area contributed by atoms with Gasteiger partial charge < -0.3 is 20.6 Å². The molecule has 1 amide bonds. The third-order valence-electron chi connectivity index (χ3n) is 5.57. The number of likely N-dealkylation sites (tertiary alicyclic amines) is 1. The van der Waals surface area contributed by atoms with Gasteiger partial charge in [-0.05, 0) is 44.9 Å². The van der Waals surface area contributed by atoms with Crippen LogP contribution in [-0.2, 0) is 4.79 Å². The highest BCUT2D eigenvalue weighted by atomic mass is 127. The van der Waals surface area contributed by atoms with Gasteiger partial charge in [0.2, 0.25) is 5.91 Å². The number of aliphatic hydroxyl groups is 1. The van der Waals surface area contributed by atoms with E-state index in [1.54, 1.807) is 19.0 Å². The summed E-state index contributed by atoms with van der Waals surface area (Å²) in [5.74, 6) is 0.791.